The van der Waals surface area contributed by atoms with E-state index in [0.717, 1.165) is 117 Å². The van der Waals surface area contributed by atoms with Crippen molar-refractivity contribution < 1.29 is 23.7 Å². The van der Waals surface area contributed by atoms with Crippen LogP contribution in [0.2, 0.25) is 0 Å². The summed E-state index contributed by atoms with van der Waals surface area (Å²) in [6.07, 6.45) is 11.6. The molecule has 0 bridgehead atoms. The number of likely N-dealkylation sites (N-methyl/N-ethyl adjacent to an activating group) is 1. The van der Waals surface area contributed by atoms with Crippen molar-refractivity contribution >= 4 is 62.9 Å². The van der Waals surface area contributed by atoms with Crippen LogP contribution < -0.4 is 21.3 Å². The molecule has 61 heavy (non-hydrogen) atoms. The number of aromatic nitrogens is 4. The largest absolute Gasteiger partial charge is 0.364 e. The first-order chi connectivity index (χ1) is 29.7. The minimum atomic E-state index is -0.647. The van der Waals surface area contributed by atoms with E-state index in [9.17, 15) is 19.2 Å². The lowest BCUT2D eigenvalue weighted by Crippen LogP contribution is -2.49. The smallest absolute Gasteiger partial charge is 0.320 e. The van der Waals surface area contributed by atoms with E-state index >= 15 is 0 Å². The number of benzene rings is 2. The van der Waals surface area contributed by atoms with E-state index in [4.69, 9.17) is 15.2 Å². The fourth-order valence-corrected chi connectivity index (χ4v) is 10.7. The first kappa shape index (κ1) is 39.1. The maximum atomic E-state index is 12.8. The second-order valence-corrected chi connectivity index (χ2v) is 17.8. The Morgan fingerprint density at radius 1 is 0.967 bits per heavy atom. The second-order valence-electron chi connectivity index (χ2n) is 17.8. The number of anilines is 3. The van der Waals surface area contributed by atoms with Crippen molar-refractivity contribution in [3.8, 4) is 0 Å². The summed E-state index contributed by atoms with van der Waals surface area (Å²) in [4.78, 5) is 71.0. The van der Waals surface area contributed by atoms with E-state index in [1.807, 2.05) is 36.3 Å². The number of likely N-dealkylation sites (tertiary alicyclic amines) is 1. The van der Waals surface area contributed by atoms with Crippen LogP contribution >= 0.6 is 0 Å². The minimum Gasteiger partial charge on any atom is -0.364 e. The van der Waals surface area contributed by atoms with Crippen LogP contribution in [0.3, 0.4) is 0 Å². The van der Waals surface area contributed by atoms with Gasteiger partial charge in [-0.1, -0.05) is 17.3 Å². The van der Waals surface area contributed by atoms with Crippen molar-refractivity contribution in [1.29, 1.82) is 0 Å². The van der Waals surface area contributed by atoms with E-state index in [2.05, 4.69) is 53.8 Å². The number of amides is 5. The topological polar surface area (TPSA) is 199 Å². The summed E-state index contributed by atoms with van der Waals surface area (Å²) in [6, 6.07) is 12.8. The molecular weight excluding hydrogens is 775 g/mol. The second kappa shape index (κ2) is 16.1. The molecule has 5 amide bonds. The van der Waals surface area contributed by atoms with Crippen molar-refractivity contribution in [2.24, 2.45) is 11.7 Å². The molecular formula is C45H53N11O5. The van der Waals surface area contributed by atoms with Gasteiger partial charge in [-0.3, -0.25) is 19.7 Å². The normalized spacial score (nSPS) is 24.3. The highest BCUT2D eigenvalue weighted by atomic mass is 16.5. The lowest BCUT2D eigenvalue weighted by atomic mass is 9.88. The van der Waals surface area contributed by atoms with Gasteiger partial charge in [-0.2, -0.15) is 0 Å². The molecule has 4 saturated heterocycles. The molecule has 1 saturated carbocycles. The first-order valence-corrected chi connectivity index (χ1v) is 21.9. The molecule has 5 aromatic rings. The van der Waals surface area contributed by atoms with E-state index in [1.54, 1.807) is 11.1 Å². The number of primary amides is 1. The molecule has 7 heterocycles. The van der Waals surface area contributed by atoms with Gasteiger partial charge in [0.2, 0.25) is 11.8 Å². The number of imide groups is 1. The zero-order chi connectivity index (χ0) is 41.8. The number of H-pyrrole nitrogens is 1. The molecule has 3 aromatic heterocycles. The standard InChI is InChI=1S/C45H53N11O5/c1-53-19-20-56(45(53)60)31-3-2-16-55(25-31)36-23-48-40(42(46)58)43(50-36)49-30-8-6-27(7-9-30)28-13-17-54(18-14-28)24-26-4-5-29(21-26)34-22-35-32(12-15-47-35)38-39(52-61-41(34)38)33-10-11-37(57)51-44(33)59/h6-9,12,15,22-23,26,28-29,31,33,47H,2-5,10-11,13-14,16-21,24-25H2,1H3,(H2,46,58)(H,49,50)(H,51,57,59)/t26?,29?,31-,33?/m1/s1. The third-order valence-corrected chi connectivity index (χ3v) is 14.0. The van der Waals surface area contributed by atoms with Gasteiger partial charge in [0, 0.05) is 74.5 Å². The molecule has 0 spiro atoms. The molecule has 318 valence electrons. The molecule has 4 atom stereocenters. The van der Waals surface area contributed by atoms with Gasteiger partial charge in [-0.25, -0.2) is 14.8 Å². The Balaban J connectivity index is 0.754. The number of nitrogens with zero attached hydrogens (tertiary/aromatic N) is 7. The van der Waals surface area contributed by atoms with Crippen LogP contribution in [0.25, 0.3) is 21.9 Å². The summed E-state index contributed by atoms with van der Waals surface area (Å²) in [5.41, 5.74) is 11.5. The van der Waals surface area contributed by atoms with Gasteiger partial charge in [0.15, 0.2) is 17.1 Å². The van der Waals surface area contributed by atoms with E-state index in [1.165, 1.54) is 5.56 Å². The molecule has 2 aromatic carbocycles. The number of carbonyl (C=O) groups excluding carboxylic acids is 4. The number of hydrogen-bond acceptors (Lipinski definition) is 11. The summed E-state index contributed by atoms with van der Waals surface area (Å²) in [5, 5.41) is 12.2. The molecule has 10 rings (SSSR count). The van der Waals surface area contributed by atoms with Gasteiger partial charge in [-0.15, -0.1) is 0 Å². The monoisotopic (exact) mass is 827 g/mol. The van der Waals surface area contributed by atoms with Gasteiger partial charge in [-0.05, 0) is 112 Å². The third-order valence-electron chi connectivity index (χ3n) is 14.0. The van der Waals surface area contributed by atoms with E-state index < -0.39 is 11.8 Å². The summed E-state index contributed by atoms with van der Waals surface area (Å²) < 4.78 is 6.06. The first-order valence-electron chi connectivity index (χ1n) is 21.9. The molecule has 3 unspecified atom stereocenters. The van der Waals surface area contributed by atoms with Crippen molar-refractivity contribution in [1.82, 2.24) is 40.1 Å². The lowest BCUT2D eigenvalue weighted by molar-refractivity contribution is -0.134. The molecule has 5 N–H and O–H groups in total. The van der Waals surface area contributed by atoms with Crippen molar-refractivity contribution in [2.75, 3.05) is 63.1 Å². The number of piperidine rings is 3. The predicted octanol–water partition coefficient (Wildman–Crippen LogP) is 5.56. The zero-order valence-electron chi connectivity index (χ0n) is 34.6. The van der Waals surface area contributed by atoms with Crippen LogP contribution in [0.4, 0.5) is 22.1 Å². The highest BCUT2D eigenvalue weighted by Gasteiger charge is 2.37. The van der Waals surface area contributed by atoms with Crippen molar-refractivity contribution in [3.63, 3.8) is 0 Å². The molecule has 5 fully saturated rings. The number of carbonyl (C=O) groups is 4. The predicted molar refractivity (Wildman–Crippen MR) is 230 cm³/mol. The zero-order valence-corrected chi connectivity index (χ0v) is 34.6. The van der Waals surface area contributed by atoms with Crippen molar-refractivity contribution in [3.05, 3.63) is 71.3 Å². The summed E-state index contributed by atoms with van der Waals surface area (Å²) >= 11 is 0. The summed E-state index contributed by atoms with van der Waals surface area (Å²) in [7, 11) is 1.84. The Labute approximate surface area is 353 Å². The van der Waals surface area contributed by atoms with Gasteiger partial charge in [0.05, 0.1) is 23.5 Å². The molecule has 16 heteroatoms. The Morgan fingerprint density at radius 2 is 1.80 bits per heavy atom. The van der Waals surface area contributed by atoms with E-state index in [-0.39, 0.29) is 29.6 Å². The third kappa shape index (κ3) is 7.55. The van der Waals surface area contributed by atoms with Crippen LogP contribution in [0.1, 0.15) is 103 Å². The Kier molecular flexibility index (Phi) is 10.3. The fraction of sp³-hybridized carbons (Fsp3) is 0.489. The van der Waals surface area contributed by atoms with Gasteiger partial charge in [0.25, 0.3) is 5.91 Å². The molecule has 5 aliphatic rings. The number of nitrogens with two attached hydrogens (primary N) is 1. The number of hydrogen-bond donors (Lipinski definition) is 4. The Hall–Kier alpha value is -6.03. The fourth-order valence-electron chi connectivity index (χ4n) is 10.7. The molecule has 1 aliphatic carbocycles. The van der Waals surface area contributed by atoms with Crippen LogP contribution in [0.5, 0.6) is 0 Å². The van der Waals surface area contributed by atoms with Crippen LogP contribution in [-0.2, 0) is 9.59 Å². The molecule has 4 aliphatic heterocycles. The average molecular weight is 828 g/mol. The van der Waals surface area contributed by atoms with Gasteiger partial charge in [0.1, 0.15) is 11.5 Å². The number of urea groups is 1. The van der Waals surface area contributed by atoms with Crippen molar-refractivity contribution in [2.45, 2.75) is 81.6 Å². The number of aromatic amines is 1. The number of rotatable bonds is 10. The molecule has 16 nitrogen and oxygen atoms in total. The average Bonchev–Trinajstić information content (AvgIpc) is 4.09. The summed E-state index contributed by atoms with van der Waals surface area (Å²) in [5.74, 6) is 0.665. The van der Waals surface area contributed by atoms with Gasteiger partial charge < -0.3 is 40.2 Å². The van der Waals surface area contributed by atoms with Crippen LogP contribution in [-0.4, -0.2) is 117 Å². The maximum absolute atomic E-state index is 12.8. The minimum absolute atomic E-state index is 0.0695. The quantitative estimate of drug-likeness (QED) is 0.129. The molecule has 0 radical (unpaired) electrons. The Morgan fingerprint density at radius 3 is 2.57 bits per heavy atom. The lowest BCUT2D eigenvalue weighted by Gasteiger charge is -2.37. The highest BCUT2D eigenvalue weighted by Crippen LogP contribution is 2.45. The SMILES string of the molecule is CN1CCN([C@@H]2CCCN(c3cnc(C(N)=O)c(Nc4ccc(C5CCN(CC6CCC(c7cc8[nH]ccc8c8c(C9CCC(=O)NC9=O)noc78)C6)CC5)cc4)n3)C2)C1=O. The highest BCUT2D eigenvalue weighted by molar-refractivity contribution is 6.10. The number of fused-ring (bicyclic) bond motifs is 3. The van der Waals surface area contributed by atoms with Gasteiger partial charge >= 0.3 is 6.03 Å². The van der Waals surface area contributed by atoms with Crippen LogP contribution in [0.15, 0.2) is 53.3 Å². The van der Waals surface area contributed by atoms with Crippen LogP contribution in [0, 0.1) is 5.92 Å². The number of nitrogens with one attached hydrogen (secondary N) is 3. The van der Waals surface area contributed by atoms with E-state index in [0.29, 0.717) is 54.5 Å². The Bertz CT molecular complexity index is 2490. The summed E-state index contributed by atoms with van der Waals surface area (Å²) in [6.45, 7) is 6.09. The maximum Gasteiger partial charge on any atom is 0.320 e.